The summed E-state index contributed by atoms with van der Waals surface area (Å²) in [6, 6.07) is 6.66. The molecule has 21 heavy (non-hydrogen) atoms. The summed E-state index contributed by atoms with van der Waals surface area (Å²) in [7, 11) is 0. The van der Waals surface area contributed by atoms with Crippen molar-refractivity contribution < 1.29 is 18.5 Å². The Morgan fingerprint density at radius 2 is 1.95 bits per heavy atom. The maximum absolute atomic E-state index is 13.4. The van der Waals surface area contributed by atoms with E-state index in [0.29, 0.717) is 0 Å². The molecule has 108 valence electrons. The molecule has 2 rings (SSSR count). The van der Waals surface area contributed by atoms with E-state index in [4.69, 9.17) is 11.6 Å². The number of anilines is 1. The molecule has 0 unspecified atom stereocenters. The Balaban J connectivity index is 2.31. The van der Waals surface area contributed by atoms with Crippen molar-refractivity contribution in [2.45, 2.75) is 0 Å². The maximum atomic E-state index is 13.4. The highest BCUT2D eigenvalue weighted by Crippen LogP contribution is 2.26. The van der Waals surface area contributed by atoms with Gasteiger partial charge in [0.1, 0.15) is 5.02 Å². The molecule has 0 aliphatic rings. The molecule has 8 heteroatoms. The fourth-order valence-electron chi connectivity index (χ4n) is 1.59. The van der Waals surface area contributed by atoms with Crippen LogP contribution in [0.15, 0.2) is 36.4 Å². The highest BCUT2D eigenvalue weighted by atomic mass is 35.5. The summed E-state index contributed by atoms with van der Waals surface area (Å²) in [5.41, 5.74) is -0.920. The standard InChI is InChI=1S/C13H7ClF2N2O3/c14-8-5-4-7(6-11(8)18(20)21)13(19)17-10-3-1-2-9(15)12(10)16/h1-6H,(H,17,19). The number of nitro groups is 1. The van der Waals surface area contributed by atoms with Crippen molar-refractivity contribution in [1.82, 2.24) is 0 Å². The molecule has 2 aromatic carbocycles. The van der Waals surface area contributed by atoms with Gasteiger partial charge in [0.25, 0.3) is 11.6 Å². The Bertz CT molecular complexity index is 737. The van der Waals surface area contributed by atoms with Crippen LogP contribution in [0.5, 0.6) is 0 Å². The Hall–Kier alpha value is -2.54. The third-order valence-corrected chi connectivity index (χ3v) is 2.92. The zero-order valence-corrected chi connectivity index (χ0v) is 11.0. The molecule has 0 saturated carbocycles. The molecular formula is C13H7ClF2N2O3. The monoisotopic (exact) mass is 312 g/mol. The van der Waals surface area contributed by atoms with E-state index in [9.17, 15) is 23.7 Å². The second-order valence-electron chi connectivity index (χ2n) is 3.98. The van der Waals surface area contributed by atoms with E-state index < -0.39 is 28.2 Å². The number of benzene rings is 2. The molecule has 0 spiro atoms. The maximum Gasteiger partial charge on any atom is 0.288 e. The van der Waals surface area contributed by atoms with Crippen LogP contribution in [0.1, 0.15) is 10.4 Å². The van der Waals surface area contributed by atoms with Crippen molar-refractivity contribution in [1.29, 1.82) is 0 Å². The topological polar surface area (TPSA) is 72.2 Å². The first-order chi connectivity index (χ1) is 9.90. The summed E-state index contributed by atoms with van der Waals surface area (Å²) in [5, 5.41) is 12.7. The fourth-order valence-corrected chi connectivity index (χ4v) is 1.78. The number of amides is 1. The van der Waals surface area contributed by atoms with Gasteiger partial charge in [-0.3, -0.25) is 14.9 Å². The molecule has 0 aliphatic carbocycles. The first-order valence-corrected chi connectivity index (χ1v) is 5.97. The number of rotatable bonds is 3. The highest BCUT2D eigenvalue weighted by Gasteiger charge is 2.17. The van der Waals surface area contributed by atoms with Crippen molar-refractivity contribution in [2.24, 2.45) is 0 Å². The molecule has 0 atom stereocenters. The average molecular weight is 313 g/mol. The number of hydrogen-bond acceptors (Lipinski definition) is 3. The quantitative estimate of drug-likeness (QED) is 0.692. The van der Waals surface area contributed by atoms with Gasteiger partial charge in [0.15, 0.2) is 11.6 Å². The lowest BCUT2D eigenvalue weighted by Crippen LogP contribution is -2.13. The van der Waals surface area contributed by atoms with Gasteiger partial charge in [-0.05, 0) is 24.3 Å². The summed E-state index contributed by atoms with van der Waals surface area (Å²) in [5.74, 6) is -3.15. The Kier molecular flexibility index (Phi) is 4.13. The van der Waals surface area contributed by atoms with Crippen molar-refractivity contribution in [3.63, 3.8) is 0 Å². The van der Waals surface area contributed by atoms with Gasteiger partial charge in [0.05, 0.1) is 10.6 Å². The first-order valence-electron chi connectivity index (χ1n) is 5.59. The van der Waals surface area contributed by atoms with Crippen LogP contribution >= 0.6 is 11.6 Å². The number of carbonyl (C=O) groups excluding carboxylic acids is 1. The van der Waals surface area contributed by atoms with Crippen LogP contribution in [0, 0.1) is 21.7 Å². The zero-order valence-electron chi connectivity index (χ0n) is 10.3. The Morgan fingerprint density at radius 3 is 2.62 bits per heavy atom. The Morgan fingerprint density at radius 1 is 1.24 bits per heavy atom. The number of hydrogen-bond donors (Lipinski definition) is 1. The van der Waals surface area contributed by atoms with E-state index in [1.807, 2.05) is 0 Å². The number of nitro benzene ring substituents is 1. The summed E-state index contributed by atoms with van der Waals surface area (Å²) >= 11 is 5.62. The van der Waals surface area contributed by atoms with E-state index in [2.05, 4.69) is 5.32 Å². The van der Waals surface area contributed by atoms with Crippen LogP contribution in [0.2, 0.25) is 5.02 Å². The van der Waals surface area contributed by atoms with Crippen LogP contribution in [-0.2, 0) is 0 Å². The molecule has 0 saturated heterocycles. The SMILES string of the molecule is O=C(Nc1cccc(F)c1F)c1ccc(Cl)c([N+](=O)[O-])c1. The Labute approximate surface area is 122 Å². The predicted molar refractivity (Wildman–Crippen MR) is 72.4 cm³/mol. The molecule has 0 bridgehead atoms. The van der Waals surface area contributed by atoms with Crippen LogP contribution in [0.3, 0.4) is 0 Å². The number of nitrogens with one attached hydrogen (secondary N) is 1. The number of halogens is 3. The number of carbonyl (C=O) groups is 1. The van der Waals surface area contributed by atoms with Gasteiger partial charge in [0, 0.05) is 11.6 Å². The highest BCUT2D eigenvalue weighted by molar-refractivity contribution is 6.32. The van der Waals surface area contributed by atoms with Gasteiger partial charge in [-0.15, -0.1) is 0 Å². The lowest BCUT2D eigenvalue weighted by Gasteiger charge is -2.07. The van der Waals surface area contributed by atoms with Crippen LogP contribution in [0.25, 0.3) is 0 Å². The summed E-state index contributed by atoms with van der Waals surface area (Å²) in [6.45, 7) is 0. The van der Waals surface area contributed by atoms with Gasteiger partial charge in [-0.25, -0.2) is 8.78 Å². The molecule has 0 radical (unpaired) electrons. The molecule has 1 N–H and O–H groups in total. The third-order valence-electron chi connectivity index (χ3n) is 2.60. The van der Waals surface area contributed by atoms with Crippen molar-refractivity contribution in [2.75, 3.05) is 5.32 Å². The molecule has 0 aliphatic heterocycles. The molecular weight excluding hydrogens is 306 g/mol. The van der Waals surface area contributed by atoms with Crippen LogP contribution < -0.4 is 5.32 Å². The molecule has 0 fully saturated rings. The molecule has 1 amide bonds. The van der Waals surface area contributed by atoms with Gasteiger partial charge in [0.2, 0.25) is 0 Å². The average Bonchev–Trinajstić information content (AvgIpc) is 2.44. The zero-order chi connectivity index (χ0) is 15.6. The van der Waals surface area contributed by atoms with Gasteiger partial charge in [-0.2, -0.15) is 0 Å². The van der Waals surface area contributed by atoms with E-state index >= 15 is 0 Å². The summed E-state index contributed by atoms with van der Waals surface area (Å²) < 4.78 is 26.5. The fraction of sp³-hybridized carbons (Fsp3) is 0. The first kappa shape index (κ1) is 14.9. The van der Waals surface area contributed by atoms with Crippen LogP contribution in [-0.4, -0.2) is 10.8 Å². The summed E-state index contributed by atoms with van der Waals surface area (Å²) in [6.07, 6.45) is 0. The predicted octanol–water partition coefficient (Wildman–Crippen LogP) is 3.78. The smallest absolute Gasteiger partial charge is 0.288 e. The van der Waals surface area contributed by atoms with E-state index in [1.54, 1.807) is 0 Å². The molecule has 5 nitrogen and oxygen atoms in total. The van der Waals surface area contributed by atoms with Gasteiger partial charge < -0.3 is 5.32 Å². The van der Waals surface area contributed by atoms with E-state index in [-0.39, 0.29) is 16.3 Å². The number of nitrogens with zero attached hydrogens (tertiary/aromatic N) is 1. The normalized spacial score (nSPS) is 10.2. The third kappa shape index (κ3) is 3.14. The van der Waals surface area contributed by atoms with Crippen LogP contribution in [0.4, 0.5) is 20.2 Å². The van der Waals surface area contributed by atoms with Gasteiger partial charge >= 0.3 is 0 Å². The molecule has 0 heterocycles. The van der Waals surface area contributed by atoms with Crippen molar-refractivity contribution in [3.05, 3.63) is 68.7 Å². The van der Waals surface area contributed by atoms with Gasteiger partial charge in [-0.1, -0.05) is 17.7 Å². The summed E-state index contributed by atoms with van der Waals surface area (Å²) in [4.78, 5) is 21.9. The molecule has 2 aromatic rings. The van der Waals surface area contributed by atoms with E-state index in [1.165, 1.54) is 24.3 Å². The largest absolute Gasteiger partial charge is 0.319 e. The second-order valence-corrected chi connectivity index (χ2v) is 4.39. The van der Waals surface area contributed by atoms with Crippen molar-refractivity contribution >= 4 is 28.9 Å². The minimum atomic E-state index is -1.21. The lowest BCUT2D eigenvalue weighted by molar-refractivity contribution is -0.384. The van der Waals surface area contributed by atoms with Crippen molar-refractivity contribution in [3.8, 4) is 0 Å². The minimum Gasteiger partial charge on any atom is -0.319 e. The van der Waals surface area contributed by atoms with E-state index in [0.717, 1.165) is 12.1 Å². The minimum absolute atomic E-state index is 0.102. The lowest BCUT2D eigenvalue weighted by atomic mass is 10.2. The molecule has 0 aromatic heterocycles. The second kappa shape index (κ2) is 5.84.